The van der Waals surface area contributed by atoms with E-state index in [9.17, 15) is 14.4 Å². The van der Waals surface area contributed by atoms with Crippen LogP contribution in [0.2, 0.25) is 0 Å². The van der Waals surface area contributed by atoms with Gasteiger partial charge in [-0.25, -0.2) is 4.79 Å². The van der Waals surface area contributed by atoms with Crippen LogP contribution >= 0.6 is 11.3 Å². The van der Waals surface area contributed by atoms with Crippen LogP contribution in [-0.4, -0.2) is 31.4 Å². The molecule has 0 unspecified atom stereocenters. The summed E-state index contributed by atoms with van der Waals surface area (Å²) < 4.78 is 4.76. The molecule has 0 bridgehead atoms. The molecule has 0 radical (unpaired) electrons. The van der Waals surface area contributed by atoms with E-state index in [1.165, 1.54) is 18.4 Å². The zero-order valence-corrected chi connectivity index (χ0v) is 15.2. The van der Waals surface area contributed by atoms with Gasteiger partial charge in [0.05, 0.1) is 12.7 Å². The minimum absolute atomic E-state index is 0.135. The molecule has 6 nitrogen and oxygen atoms in total. The van der Waals surface area contributed by atoms with E-state index >= 15 is 0 Å². The van der Waals surface area contributed by atoms with E-state index in [2.05, 4.69) is 10.6 Å². The predicted octanol–water partition coefficient (Wildman–Crippen LogP) is 2.91. The van der Waals surface area contributed by atoms with Crippen LogP contribution in [0, 0.1) is 13.8 Å². The fourth-order valence-corrected chi connectivity index (χ4v) is 2.90. The van der Waals surface area contributed by atoms with E-state index in [0.29, 0.717) is 16.8 Å². The van der Waals surface area contributed by atoms with Crippen LogP contribution in [0.25, 0.3) is 0 Å². The summed E-state index contributed by atoms with van der Waals surface area (Å²) in [6.07, 6.45) is 0.135. The second-order valence-electron chi connectivity index (χ2n) is 5.52. The number of amides is 2. The number of methoxy groups -OCH3 is 1. The highest BCUT2D eigenvalue weighted by Gasteiger charge is 2.14. The molecule has 0 fully saturated rings. The number of carbonyl (C=O) groups is 3. The molecule has 0 aliphatic heterocycles. The Hall–Kier alpha value is -2.67. The first-order valence-corrected chi connectivity index (χ1v) is 8.66. The molecule has 0 saturated carbocycles. The predicted molar refractivity (Wildman–Crippen MR) is 97.2 cm³/mol. The molecule has 1 aromatic heterocycles. The molecule has 0 saturated heterocycles. The maximum Gasteiger partial charge on any atom is 0.338 e. The fourth-order valence-electron chi connectivity index (χ4n) is 2.26. The van der Waals surface area contributed by atoms with Gasteiger partial charge in [0.2, 0.25) is 5.91 Å². The lowest BCUT2D eigenvalue weighted by Crippen LogP contribution is -2.27. The molecule has 1 aromatic carbocycles. The molecule has 25 heavy (non-hydrogen) atoms. The van der Waals surface area contributed by atoms with Crippen LogP contribution in [0.15, 0.2) is 29.0 Å². The molecule has 2 amide bonds. The maximum atomic E-state index is 12.1. The summed E-state index contributed by atoms with van der Waals surface area (Å²) in [5.74, 6) is -0.891. The third kappa shape index (κ3) is 4.90. The smallest absolute Gasteiger partial charge is 0.338 e. The summed E-state index contributed by atoms with van der Waals surface area (Å²) in [7, 11) is 1.32. The summed E-state index contributed by atoms with van der Waals surface area (Å²) in [4.78, 5) is 35.6. The lowest BCUT2D eigenvalue weighted by molar-refractivity contribution is -0.116. The fraction of sp³-hybridized carbons (Fsp3) is 0.278. The van der Waals surface area contributed by atoms with Gasteiger partial charge < -0.3 is 15.4 Å². The molecular formula is C18H20N2O4S. The molecule has 132 valence electrons. The van der Waals surface area contributed by atoms with Crippen molar-refractivity contribution in [3.05, 3.63) is 51.2 Å². The number of thiophene rings is 1. The van der Waals surface area contributed by atoms with E-state index in [1.54, 1.807) is 23.6 Å². The number of benzene rings is 1. The molecule has 2 aromatic rings. The lowest BCUT2D eigenvalue weighted by Gasteiger charge is -2.12. The first-order valence-electron chi connectivity index (χ1n) is 7.72. The first-order chi connectivity index (χ1) is 11.9. The molecule has 0 aliphatic rings. The molecule has 0 aliphatic carbocycles. The molecule has 0 spiro atoms. The van der Waals surface area contributed by atoms with Crippen LogP contribution < -0.4 is 10.6 Å². The average Bonchev–Trinajstić information content (AvgIpc) is 3.11. The molecular weight excluding hydrogens is 340 g/mol. The Morgan fingerprint density at radius 2 is 1.96 bits per heavy atom. The highest BCUT2D eigenvalue weighted by Crippen LogP contribution is 2.21. The van der Waals surface area contributed by atoms with Gasteiger partial charge in [0.25, 0.3) is 5.91 Å². The zero-order chi connectivity index (χ0) is 18.4. The molecule has 2 rings (SSSR count). The van der Waals surface area contributed by atoms with Gasteiger partial charge in [0.1, 0.15) is 0 Å². The number of hydrogen-bond donors (Lipinski definition) is 2. The SMILES string of the molecule is COC(=O)c1cc(NC(=O)CCNC(=O)c2ccsc2)cc(C)c1C. The Morgan fingerprint density at radius 3 is 2.60 bits per heavy atom. The minimum atomic E-state index is -0.445. The van der Waals surface area contributed by atoms with Crippen LogP contribution in [-0.2, 0) is 9.53 Å². The third-order valence-electron chi connectivity index (χ3n) is 3.78. The van der Waals surface area contributed by atoms with Crippen molar-refractivity contribution in [2.24, 2.45) is 0 Å². The normalized spacial score (nSPS) is 10.2. The van der Waals surface area contributed by atoms with Crippen molar-refractivity contribution < 1.29 is 19.1 Å². The quantitative estimate of drug-likeness (QED) is 0.776. The van der Waals surface area contributed by atoms with Crippen LogP contribution in [0.3, 0.4) is 0 Å². The number of ether oxygens (including phenoxy) is 1. The minimum Gasteiger partial charge on any atom is -0.465 e. The monoisotopic (exact) mass is 360 g/mol. The van der Waals surface area contributed by atoms with Crippen molar-refractivity contribution in [2.75, 3.05) is 19.0 Å². The van der Waals surface area contributed by atoms with Crippen LogP contribution in [0.1, 0.15) is 38.3 Å². The number of anilines is 1. The second kappa shape index (κ2) is 8.43. The summed E-state index contributed by atoms with van der Waals surface area (Å²) in [5.41, 5.74) is 3.22. The highest BCUT2D eigenvalue weighted by molar-refractivity contribution is 7.08. The Kier molecular flexibility index (Phi) is 6.30. The topological polar surface area (TPSA) is 84.5 Å². The van der Waals surface area contributed by atoms with E-state index in [1.807, 2.05) is 19.2 Å². The standard InChI is InChI=1S/C18H20N2O4S/c1-11-8-14(9-15(12(11)2)18(23)24-3)20-16(21)4-6-19-17(22)13-5-7-25-10-13/h5,7-10H,4,6H2,1-3H3,(H,19,22)(H,20,21). The Labute approximate surface area is 150 Å². The number of hydrogen-bond acceptors (Lipinski definition) is 5. The summed E-state index contributed by atoms with van der Waals surface area (Å²) in [6.45, 7) is 3.92. The van der Waals surface area contributed by atoms with Gasteiger partial charge >= 0.3 is 5.97 Å². The number of carbonyl (C=O) groups excluding carboxylic acids is 3. The summed E-state index contributed by atoms with van der Waals surface area (Å²) in [5, 5.41) is 9.00. The first kappa shape index (κ1) is 18.7. The van der Waals surface area contributed by atoms with Crippen molar-refractivity contribution in [2.45, 2.75) is 20.3 Å². The molecule has 7 heteroatoms. The number of aryl methyl sites for hydroxylation is 1. The second-order valence-corrected chi connectivity index (χ2v) is 6.30. The summed E-state index contributed by atoms with van der Waals surface area (Å²) >= 11 is 1.44. The van der Waals surface area contributed by atoms with Crippen molar-refractivity contribution in [3.8, 4) is 0 Å². The van der Waals surface area contributed by atoms with Gasteiger partial charge in [-0.05, 0) is 48.6 Å². The maximum absolute atomic E-state index is 12.1. The van der Waals surface area contributed by atoms with Crippen molar-refractivity contribution in [1.29, 1.82) is 0 Å². The van der Waals surface area contributed by atoms with Gasteiger partial charge in [-0.3, -0.25) is 9.59 Å². The Bertz CT molecular complexity index is 785. The van der Waals surface area contributed by atoms with E-state index in [-0.39, 0.29) is 24.8 Å². The highest BCUT2D eigenvalue weighted by atomic mass is 32.1. The van der Waals surface area contributed by atoms with Gasteiger partial charge in [-0.2, -0.15) is 11.3 Å². The van der Waals surface area contributed by atoms with Crippen molar-refractivity contribution in [1.82, 2.24) is 5.32 Å². The number of esters is 1. The third-order valence-corrected chi connectivity index (χ3v) is 4.46. The van der Waals surface area contributed by atoms with E-state index in [0.717, 1.165) is 11.1 Å². The number of rotatable bonds is 6. The average molecular weight is 360 g/mol. The largest absolute Gasteiger partial charge is 0.465 e. The van der Waals surface area contributed by atoms with Gasteiger partial charge in [-0.15, -0.1) is 0 Å². The van der Waals surface area contributed by atoms with E-state index < -0.39 is 5.97 Å². The van der Waals surface area contributed by atoms with Gasteiger partial charge in [-0.1, -0.05) is 0 Å². The lowest BCUT2D eigenvalue weighted by atomic mass is 10.0. The van der Waals surface area contributed by atoms with Crippen molar-refractivity contribution >= 4 is 34.8 Å². The summed E-state index contributed by atoms with van der Waals surface area (Å²) in [6, 6.07) is 5.11. The Balaban J connectivity index is 1.93. The van der Waals surface area contributed by atoms with Crippen LogP contribution in [0.5, 0.6) is 0 Å². The van der Waals surface area contributed by atoms with Crippen molar-refractivity contribution in [3.63, 3.8) is 0 Å². The number of nitrogens with one attached hydrogen (secondary N) is 2. The molecule has 2 N–H and O–H groups in total. The van der Waals surface area contributed by atoms with Gasteiger partial charge in [0.15, 0.2) is 0 Å². The van der Waals surface area contributed by atoms with Crippen LogP contribution in [0.4, 0.5) is 5.69 Å². The zero-order valence-electron chi connectivity index (χ0n) is 14.3. The molecule has 0 atom stereocenters. The Morgan fingerprint density at radius 1 is 1.20 bits per heavy atom. The van der Waals surface area contributed by atoms with E-state index in [4.69, 9.17) is 4.74 Å². The molecule has 1 heterocycles. The van der Waals surface area contributed by atoms with Gasteiger partial charge in [0, 0.05) is 29.6 Å².